The van der Waals surface area contributed by atoms with Crippen LogP contribution in [0.25, 0.3) is 0 Å². The molecule has 0 unspecified atom stereocenters. The molecule has 0 amide bonds. The highest BCUT2D eigenvalue weighted by Crippen LogP contribution is 2.52. The first-order valence-corrected chi connectivity index (χ1v) is 11.0. The smallest absolute Gasteiger partial charge is 0.0589 e. The van der Waals surface area contributed by atoms with Crippen LogP contribution >= 0.6 is 7.26 Å². The van der Waals surface area contributed by atoms with Crippen molar-refractivity contribution in [2.75, 3.05) is 25.7 Å². The van der Waals surface area contributed by atoms with Gasteiger partial charge in [-0.15, -0.1) is 0 Å². The zero-order valence-corrected chi connectivity index (χ0v) is 16.4. The molecule has 0 spiro atoms. The van der Waals surface area contributed by atoms with Crippen molar-refractivity contribution in [1.82, 2.24) is 0 Å². The second kappa shape index (κ2) is 14.6. The number of hydrogen-bond donors (Lipinski definition) is 0. The van der Waals surface area contributed by atoms with Crippen molar-refractivity contribution in [3.63, 3.8) is 0 Å². The average molecular weight is 386 g/mol. The summed E-state index contributed by atoms with van der Waals surface area (Å²) in [6.45, 7) is 9.75. The predicted molar refractivity (Wildman–Crippen MR) is 86.0 cm³/mol. The zero-order chi connectivity index (χ0) is 13.0. The van der Waals surface area contributed by atoms with Crippen LogP contribution < -0.4 is 24.0 Å². The second-order valence-corrected chi connectivity index (χ2v) is 11.0. The number of hydrogen-bond acceptors (Lipinski definition) is 0. The molecule has 0 fully saturated rings. The van der Waals surface area contributed by atoms with Gasteiger partial charge in [0, 0.05) is 20.6 Å². The van der Waals surface area contributed by atoms with Gasteiger partial charge in [0.1, 0.15) is 0 Å². The maximum absolute atomic E-state index is 2.58. The fourth-order valence-electron chi connectivity index (χ4n) is 2.40. The first-order chi connectivity index (χ1) is 8.12. The van der Waals surface area contributed by atoms with Crippen molar-refractivity contribution in [3.8, 4) is 0 Å². The number of unbranched alkanes of at least 4 members (excludes halogenated alkanes) is 8. The summed E-state index contributed by atoms with van der Waals surface area (Å²) in [6.07, 6.45) is 17.6. The normalized spacial score (nSPS) is 11.3. The molecule has 112 valence electrons. The van der Waals surface area contributed by atoms with Gasteiger partial charge in [-0.2, -0.15) is 0 Å². The fraction of sp³-hybridized carbons (Fsp3) is 1.00. The molecule has 0 saturated carbocycles. The molecule has 2 heteroatoms. The Morgan fingerprint density at radius 3 is 1.22 bits per heavy atom. The maximum atomic E-state index is 2.58. The number of halogens is 1. The van der Waals surface area contributed by atoms with Gasteiger partial charge in [-0.3, -0.25) is 0 Å². The molecular weight excluding hydrogens is 350 g/mol. The van der Waals surface area contributed by atoms with Crippen LogP contribution in [-0.2, 0) is 0 Å². The van der Waals surface area contributed by atoms with E-state index in [1.54, 1.807) is 12.3 Å². The van der Waals surface area contributed by atoms with Crippen molar-refractivity contribution in [2.45, 2.75) is 78.1 Å². The Bertz CT molecular complexity index is 141. The molecule has 18 heavy (non-hydrogen) atoms. The molecule has 0 atom stereocenters. The summed E-state index contributed by atoms with van der Waals surface area (Å²) in [4.78, 5) is 0. The van der Waals surface area contributed by atoms with Crippen molar-refractivity contribution in [3.05, 3.63) is 0 Å². The van der Waals surface area contributed by atoms with Gasteiger partial charge in [0.2, 0.25) is 0 Å². The highest BCUT2D eigenvalue weighted by molar-refractivity contribution is 7.74. The summed E-state index contributed by atoms with van der Waals surface area (Å²) >= 11 is 0. The number of rotatable bonds is 12. The minimum atomic E-state index is -0.540. The topological polar surface area (TPSA) is 0 Å². The van der Waals surface area contributed by atoms with Crippen molar-refractivity contribution >= 4 is 7.26 Å². The molecule has 0 aromatic rings. The fourth-order valence-corrected chi connectivity index (χ4v) is 4.78. The Morgan fingerprint density at radius 2 is 0.889 bits per heavy atom. The lowest BCUT2D eigenvalue weighted by Crippen LogP contribution is -3.00. The first-order valence-electron chi connectivity index (χ1n) is 7.94. The van der Waals surface area contributed by atoms with E-state index in [4.69, 9.17) is 0 Å². The molecule has 0 nitrogen and oxygen atoms in total. The zero-order valence-electron chi connectivity index (χ0n) is 13.3. The Labute approximate surface area is 134 Å². The lowest BCUT2D eigenvalue weighted by Gasteiger charge is -2.18. The molecule has 0 rings (SSSR count). The molecule has 0 aliphatic rings. The van der Waals surface area contributed by atoms with Gasteiger partial charge in [-0.25, -0.2) is 0 Å². The standard InChI is InChI=1S/C16H36P.HI/c1-5-7-9-11-13-15-17(3,4)16-14-12-10-8-6-2;/h5-16H2,1-4H3;1H/q+1;/p-1. The van der Waals surface area contributed by atoms with Gasteiger partial charge in [-0.1, -0.05) is 52.4 Å². The van der Waals surface area contributed by atoms with Gasteiger partial charge in [0.05, 0.1) is 12.3 Å². The minimum absolute atomic E-state index is 0. The van der Waals surface area contributed by atoms with Crippen LogP contribution in [-0.4, -0.2) is 25.7 Å². The maximum Gasteiger partial charge on any atom is 0.0589 e. The molecule has 0 aromatic carbocycles. The molecule has 0 saturated heterocycles. The van der Waals surface area contributed by atoms with E-state index in [0.29, 0.717) is 0 Å². The summed E-state index contributed by atoms with van der Waals surface area (Å²) in [5.74, 6) is 0. The third-order valence-corrected chi connectivity index (χ3v) is 6.79. The third-order valence-electron chi connectivity index (χ3n) is 3.73. The van der Waals surface area contributed by atoms with Crippen molar-refractivity contribution in [2.24, 2.45) is 0 Å². The van der Waals surface area contributed by atoms with Crippen LogP contribution in [0.1, 0.15) is 78.1 Å². The Balaban J connectivity index is 0. The van der Waals surface area contributed by atoms with Gasteiger partial charge >= 0.3 is 0 Å². The SMILES string of the molecule is CCCCCCC[P+](C)(C)CCCCCCC.[I-]. The molecule has 0 aliphatic heterocycles. The van der Waals surface area contributed by atoms with Crippen LogP contribution in [0, 0.1) is 0 Å². The quantitative estimate of drug-likeness (QED) is 0.275. The second-order valence-electron chi connectivity index (χ2n) is 6.21. The van der Waals surface area contributed by atoms with E-state index in [1.807, 2.05) is 0 Å². The van der Waals surface area contributed by atoms with E-state index in [-0.39, 0.29) is 24.0 Å². The largest absolute Gasteiger partial charge is 1.00 e. The summed E-state index contributed by atoms with van der Waals surface area (Å²) < 4.78 is 0. The lowest BCUT2D eigenvalue weighted by molar-refractivity contribution is -0.00000409. The van der Waals surface area contributed by atoms with Crippen molar-refractivity contribution in [1.29, 1.82) is 0 Å². The molecule has 0 heterocycles. The van der Waals surface area contributed by atoms with Crippen LogP contribution in [0.5, 0.6) is 0 Å². The van der Waals surface area contributed by atoms with Crippen LogP contribution in [0.2, 0.25) is 0 Å². The van der Waals surface area contributed by atoms with Crippen LogP contribution in [0.15, 0.2) is 0 Å². The van der Waals surface area contributed by atoms with Crippen LogP contribution in [0.4, 0.5) is 0 Å². The Hall–Kier alpha value is 1.16. The highest BCUT2D eigenvalue weighted by Gasteiger charge is 2.23. The summed E-state index contributed by atoms with van der Waals surface area (Å²) in [5.41, 5.74) is 0. The van der Waals surface area contributed by atoms with E-state index in [1.165, 1.54) is 64.2 Å². The monoisotopic (exact) mass is 386 g/mol. The average Bonchev–Trinajstić information content (AvgIpc) is 2.28. The predicted octanol–water partition coefficient (Wildman–Crippen LogP) is 3.21. The molecule has 0 N–H and O–H groups in total. The Morgan fingerprint density at radius 1 is 0.556 bits per heavy atom. The lowest BCUT2D eigenvalue weighted by atomic mass is 10.2. The highest BCUT2D eigenvalue weighted by atomic mass is 127. The molecule has 0 aliphatic carbocycles. The van der Waals surface area contributed by atoms with Gasteiger partial charge in [0.25, 0.3) is 0 Å². The van der Waals surface area contributed by atoms with E-state index in [9.17, 15) is 0 Å². The molecule has 0 aromatic heterocycles. The van der Waals surface area contributed by atoms with Gasteiger partial charge < -0.3 is 24.0 Å². The summed E-state index contributed by atoms with van der Waals surface area (Å²) in [5, 5.41) is 0. The Kier molecular flexibility index (Phi) is 17.4. The molecule has 0 bridgehead atoms. The molecule has 0 radical (unpaired) electrons. The van der Waals surface area contributed by atoms with E-state index < -0.39 is 7.26 Å². The van der Waals surface area contributed by atoms with E-state index in [0.717, 1.165) is 0 Å². The third kappa shape index (κ3) is 15.2. The van der Waals surface area contributed by atoms with Crippen LogP contribution in [0.3, 0.4) is 0 Å². The van der Waals surface area contributed by atoms with Gasteiger partial charge in [-0.05, 0) is 25.7 Å². The first kappa shape index (κ1) is 21.5. The summed E-state index contributed by atoms with van der Waals surface area (Å²) in [7, 11) is -0.540. The van der Waals surface area contributed by atoms with E-state index >= 15 is 0 Å². The van der Waals surface area contributed by atoms with E-state index in [2.05, 4.69) is 27.2 Å². The van der Waals surface area contributed by atoms with Crippen molar-refractivity contribution < 1.29 is 24.0 Å². The summed E-state index contributed by atoms with van der Waals surface area (Å²) in [6, 6.07) is 0. The van der Waals surface area contributed by atoms with Gasteiger partial charge in [0.15, 0.2) is 0 Å². The minimum Gasteiger partial charge on any atom is -1.00 e. The molecular formula is C16H36IP.